The van der Waals surface area contributed by atoms with E-state index in [4.69, 9.17) is 14.2 Å². The van der Waals surface area contributed by atoms with Crippen molar-refractivity contribution in [1.29, 1.82) is 0 Å². The molecule has 0 aromatic carbocycles. The monoisotopic (exact) mass is 421 g/mol. The van der Waals surface area contributed by atoms with Crippen LogP contribution in [0.1, 0.15) is 12.8 Å². The third-order valence-corrected chi connectivity index (χ3v) is 3.11. The van der Waals surface area contributed by atoms with Gasteiger partial charge in [0.1, 0.15) is 12.4 Å². The molecule has 0 spiro atoms. The molecule has 6 nitrogen and oxygen atoms in total. The minimum Gasteiger partial charge on any atom is -0.474 e. The summed E-state index contributed by atoms with van der Waals surface area (Å²) in [7, 11) is -2.59. The number of aromatic nitrogens is 2. The van der Waals surface area contributed by atoms with Crippen molar-refractivity contribution in [2.24, 2.45) is 5.92 Å². The fourth-order valence-electron chi connectivity index (χ4n) is 1.90. The first-order valence-corrected chi connectivity index (χ1v) is 6.37. The van der Waals surface area contributed by atoms with Crippen molar-refractivity contribution in [3.8, 4) is 5.88 Å². The van der Waals surface area contributed by atoms with Gasteiger partial charge >= 0.3 is 8.25 Å². The average Bonchev–Trinajstić information content (AvgIpc) is 2.59. The predicted molar refractivity (Wildman–Crippen MR) is 59.2 cm³/mol. The molecule has 1 saturated carbocycles. The largest absolute Gasteiger partial charge is 0.694 e. The van der Waals surface area contributed by atoms with Crippen molar-refractivity contribution in [1.82, 2.24) is 9.97 Å². The predicted octanol–water partition coefficient (Wildman–Crippen LogP) is 1.50. The van der Waals surface area contributed by atoms with Gasteiger partial charge in [0.25, 0.3) is 0 Å². The van der Waals surface area contributed by atoms with Crippen LogP contribution in [0.2, 0.25) is 0 Å². The van der Waals surface area contributed by atoms with E-state index >= 15 is 0 Å². The van der Waals surface area contributed by atoms with Gasteiger partial charge in [0, 0.05) is 61.0 Å². The van der Waals surface area contributed by atoms with Crippen LogP contribution in [0.5, 0.6) is 5.88 Å². The van der Waals surface area contributed by atoms with Crippen LogP contribution in [0.3, 0.4) is 0 Å². The van der Waals surface area contributed by atoms with Gasteiger partial charge in [0.15, 0.2) is 0 Å². The summed E-state index contributed by atoms with van der Waals surface area (Å²) < 4.78 is 21.1. The molecule has 1 N–H and O–H groups in total. The van der Waals surface area contributed by atoms with Gasteiger partial charge in [-0.2, -0.15) is 0 Å². The molecular formula is C10H13HoN2O4P. The van der Waals surface area contributed by atoms with Crippen LogP contribution < -0.4 is 4.74 Å². The molecule has 0 bridgehead atoms. The Bertz CT molecular complexity index is 395. The van der Waals surface area contributed by atoms with Crippen molar-refractivity contribution >= 4 is 8.25 Å². The molecule has 1 unspecified atom stereocenters. The molecule has 103 valence electrons. The van der Waals surface area contributed by atoms with Crippen LogP contribution in [0.15, 0.2) is 18.6 Å². The Kier molecular flexibility index (Phi) is 6.92. The Labute approximate surface area is 136 Å². The second kappa shape index (κ2) is 7.68. The van der Waals surface area contributed by atoms with Gasteiger partial charge in [-0.15, -0.1) is 15.3 Å². The van der Waals surface area contributed by atoms with Crippen LogP contribution in [0.25, 0.3) is 0 Å². The van der Waals surface area contributed by atoms with Crippen molar-refractivity contribution in [2.45, 2.75) is 25.0 Å². The Hall–Kier alpha value is 0.160. The second-order valence-electron chi connectivity index (χ2n) is 3.90. The normalized spacial score (nSPS) is 27.4. The maximum Gasteiger partial charge on any atom is 0.694 e. The maximum absolute atomic E-state index is 10.6. The van der Waals surface area contributed by atoms with E-state index < -0.39 is 8.25 Å². The van der Waals surface area contributed by atoms with E-state index in [2.05, 4.69) is 16.9 Å². The number of nitrogens with zero attached hydrogens (tertiary/aromatic N) is 2. The molecule has 1 heterocycles. The number of hydrogen-bond acceptors (Lipinski definition) is 5. The summed E-state index contributed by atoms with van der Waals surface area (Å²) >= 11 is 0. The summed E-state index contributed by atoms with van der Waals surface area (Å²) in [6.45, 7) is 3.89. The van der Waals surface area contributed by atoms with Crippen LogP contribution in [0, 0.1) is 50.6 Å². The molecule has 1 fully saturated rings. The van der Waals surface area contributed by atoms with Crippen molar-refractivity contribution in [2.75, 3.05) is 0 Å². The van der Waals surface area contributed by atoms with E-state index in [0.29, 0.717) is 18.7 Å². The fourth-order valence-corrected chi connectivity index (χ4v) is 2.39. The minimum absolute atomic E-state index is 0. The van der Waals surface area contributed by atoms with Gasteiger partial charge in [-0.1, -0.05) is 0 Å². The third-order valence-electron chi connectivity index (χ3n) is 2.65. The first kappa shape index (κ1) is 16.2. The summed E-state index contributed by atoms with van der Waals surface area (Å²) in [5.41, 5.74) is 0. The molecule has 0 aliphatic heterocycles. The number of rotatable bonds is 4. The van der Waals surface area contributed by atoms with Gasteiger partial charge in [-0.05, 0) is 6.42 Å². The Balaban J connectivity index is 0.00000162. The van der Waals surface area contributed by atoms with E-state index in [1.54, 1.807) is 12.3 Å². The first-order valence-electron chi connectivity index (χ1n) is 5.24. The quantitative estimate of drug-likeness (QED) is 0.451. The van der Waals surface area contributed by atoms with E-state index in [-0.39, 0.29) is 55.9 Å². The molecule has 1 aromatic rings. The van der Waals surface area contributed by atoms with E-state index in [1.807, 2.05) is 0 Å². The molecule has 2 rings (SSSR count). The zero-order valence-corrected chi connectivity index (χ0v) is 12.2. The molecule has 0 saturated heterocycles. The summed E-state index contributed by atoms with van der Waals surface area (Å²) in [6.07, 6.45) is 3.79. The molecule has 1 aliphatic carbocycles. The Morgan fingerprint density at radius 2 is 2.28 bits per heavy atom. The topological polar surface area (TPSA) is 81.5 Å². The second-order valence-corrected chi connectivity index (χ2v) is 4.59. The van der Waals surface area contributed by atoms with Gasteiger partial charge in [-0.3, -0.25) is 0 Å². The standard InChI is InChI=1S/C10H13N2O4P.Ho/c1-7-4-8(5-9(7)16-17(13)14)15-10-2-3-11-6-12-10;/h2-3,6-9H,1,4-5H2,(H,13,14);/t7-,8+,9-;/m0./s1. The smallest absolute Gasteiger partial charge is 0.474 e. The molecule has 18 heavy (non-hydrogen) atoms. The molecule has 1 aliphatic rings. The minimum atomic E-state index is -2.59. The van der Waals surface area contributed by atoms with Gasteiger partial charge in [0.05, 0.1) is 6.10 Å². The van der Waals surface area contributed by atoms with E-state index in [9.17, 15) is 4.57 Å². The molecule has 1 radical (unpaired) electrons. The van der Waals surface area contributed by atoms with Crippen LogP contribution in [-0.4, -0.2) is 27.1 Å². The Morgan fingerprint density at radius 1 is 1.50 bits per heavy atom. The van der Waals surface area contributed by atoms with Crippen molar-refractivity contribution in [3.63, 3.8) is 0 Å². The van der Waals surface area contributed by atoms with E-state index in [0.717, 1.165) is 0 Å². The average molecular weight is 421 g/mol. The SMILES string of the molecule is [CH2-][C@H]1C[C@@H](Oc2ccncn2)C[C@@H]1O[P+](=O)O.[Ho]. The third kappa shape index (κ3) is 4.68. The van der Waals surface area contributed by atoms with Gasteiger partial charge in [0.2, 0.25) is 5.88 Å². The van der Waals surface area contributed by atoms with E-state index in [1.165, 1.54) is 6.33 Å². The van der Waals surface area contributed by atoms with Crippen LogP contribution in [-0.2, 0) is 9.09 Å². The molecular weight excluding hydrogens is 408 g/mol. The maximum atomic E-state index is 10.6. The van der Waals surface area contributed by atoms with Crippen LogP contribution >= 0.6 is 8.25 Å². The van der Waals surface area contributed by atoms with Crippen molar-refractivity contribution < 1.29 is 56.5 Å². The summed E-state index contributed by atoms with van der Waals surface area (Å²) in [6, 6.07) is 1.67. The fraction of sp³-hybridized carbons (Fsp3) is 0.500. The number of hydrogen-bond donors (Lipinski definition) is 1. The van der Waals surface area contributed by atoms with Gasteiger partial charge in [-0.25, -0.2) is 9.97 Å². The zero-order valence-electron chi connectivity index (χ0n) is 9.40. The van der Waals surface area contributed by atoms with Crippen molar-refractivity contribution in [3.05, 3.63) is 25.5 Å². The van der Waals surface area contributed by atoms with Crippen LogP contribution in [0.4, 0.5) is 0 Å². The first-order chi connectivity index (χ1) is 8.15. The van der Waals surface area contributed by atoms with Gasteiger partial charge < -0.3 is 11.7 Å². The molecule has 4 atom stereocenters. The summed E-state index contributed by atoms with van der Waals surface area (Å²) in [5, 5.41) is 0. The Morgan fingerprint density at radius 3 is 2.89 bits per heavy atom. The zero-order chi connectivity index (χ0) is 12.3. The molecule has 8 heteroatoms. The molecule has 0 amide bonds. The molecule has 1 aromatic heterocycles. The summed E-state index contributed by atoms with van der Waals surface area (Å²) in [5.74, 6) is 0.444. The number of ether oxygens (including phenoxy) is 1. The summed E-state index contributed by atoms with van der Waals surface area (Å²) in [4.78, 5) is 16.4.